The van der Waals surface area contributed by atoms with Crippen LogP contribution in [0.5, 0.6) is 0 Å². The number of alkyl carbamates (subject to hydrolysis) is 1. The molecule has 122 valence electrons. The van der Waals surface area contributed by atoms with E-state index in [2.05, 4.69) is 10.3 Å². The van der Waals surface area contributed by atoms with Crippen molar-refractivity contribution in [1.29, 1.82) is 0 Å². The fourth-order valence-corrected chi connectivity index (χ4v) is 2.84. The summed E-state index contributed by atoms with van der Waals surface area (Å²) in [7, 11) is 0. The van der Waals surface area contributed by atoms with Gasteiger partial charge in [-0.2, -0.15) is 0 Å². The standard InChI is InChI=1S/C18H22N2O2S/c1-13-8-10-14(11-9-13)23-16(15-7-5-6-12-19-15)20-17(21)22-18(2,3)4/h5-12,16H,1-4H3,(H,20,21). The summed E-state index contributed by atoms with van der Waals surface area (Å²) in [5.74, 6) is 0. The summed E-state index contributed by atoms with van der Waals surface area (Å²) in [5.41, 5.74) is 1.44. The number of aryl methyl sites for hydroxylation is 1. The van der Waals surface area contributed by atoms with Gasteiger partial charge in [0.2, 0.25) is 0 Å². The number of hydrogen-bond donors (Lipinski definition) is 1. The molecule has 23 heavy (non-hydrogen) atoms. The van der Waals surface area contributed by atoms with Crippen molar-refractivity contribution in [2.75, 3.05) is 0 Å². The average Bonchev–Trinajstić information content (AvgIpc) is 2.48. The van der Waals surface area contributed by atoms with Crippen molar-refractivity contribution in [3.05, 3.63) is 59.9 Å². The lowest BCUT2D eigenvalue weighted by molar-refractivity contribution is 0.0521. The maximum atomic E-state index is 12.1. The first-order valence-electron chi connectivity index (χ1n) is 7.47. The van der Waals surface area contributed by atoms with Crippen LogP contribution in [-0.4, -0.2) is 16.7 Å². The van der Waals surface area contributed by atoms with Gasteiger partial charge >= 0.3 is 6.09 Å². The van der Waals surface area contributed by atoms with Gasteiger partial charge in [0.1, 0.15) is 11.0 Å². The first-order chi connectivity index (χ1) is 10.8. The molecule has 0 saturated heterocycles. The van der Waals surface area contributed by atoms with E-state index in [1.807, 2.05) is 70.2 Å². The molecule has 2 aromatic rings. The van der Waals surface area contributed by atoms with Gasteiger partial charge in [0.05, 0.1) is 5.69 Å². The SMILES string of the molecule is Cc1ccc(SC(NC(=O)OC(C)(C)C)c2ccccn2)cc1. The third-order valence-corrected chi connectivity index (χ3v) is 4.02. The van der Waals surface area contributed by atoms with Gasteiger partial charge in [-0.15, -0.1) is 0 Å². The second-order valence-corrected chi connectivity index (χ2v) is 7.39. The van der Waals surface area contributed by atoms with Crippen LogP contribution in [-0.2, 0) is 4.74 Å². The number of ether oxygens (including phenoxy) is 1. The van der Waals surface area contributed by atoms with Crippen LogP contribution in [0.4, 0.5) is 4.79 Å². The maximum absolute atomic E-state index is 12.1. The Bertz CT molecular complexity index is 636. The number of carbonyl (C=O) groups excluding carboxylic acids is 1. The minimum absolute atomic E-state index is 0.311. The summed E-state index contributed by atoms with van der Waals surface area (Å²) in [6, 6.07) is 13.8. The monoisotopic (exact) mass is 330 g/mol. The topological polar surface area (TPSA) is 51.2 Å². The Morgan fingerprint density at radius 3 is 2.43 bits per heavy atom. The summed E-state index contributed by atoms with van der Waals surface area (Å²) in [4.78, 5) is 17.5. The van der Waals surface area contributed by atoms with Crippen molar-refractivity contribution >= 4 is 17.9 Å². The highest BCUT2D eigenvalue weighted by Crippen LogP contribution is 2.32. The molecule has 0 saturated carbocycles. The Balaban J connectivity index is 2.15. The molecule has 5 heteroatoms. The summed E-state index contributed by atoms with van der Waals surface area (Å²) < 4.78 is 5.36. The fraction of sp³-hybridized carbons (Fsp3) is 0.333. The lowest BCUT2D eigenvalue weighted by atomic mass is 10.2. The van der Waals surface area contributed by atoms with Gasteiger partial charge in [0.15, 0.2) is 0 Å². The molecule has 1 atom stereocenters. The lowest BCUT2D eigenvalue weighted by Crippen LogP contribution is -2.34. The Morgan fingerprint density at radius 1 is 1.17 bits per heavy atom. The third-order valence-electron chi connectivity index (χ3n) is 2.88. The van der Waals surface area contributed by atoms with Crippen molar-refractivity contribution in [2.24, 2.45) is 0 Å². The highest BCUT2D eigenvalue weighted by atomic mass is 32.2. The van der Waals surface area contributed by atoms with Crippen molar-refractivity contribution in [1.82, 2.24) is 10.3 Å². The number of benzene rings is 1. The fourth-order valence-electron chi connectivity index (χ4n) is 1.86. The molecule has 1 unspecified atom stereocenters. The Labute approximate surface area is 141 Å². The zero-order valence-electron chi connectivity index (χ0n) is 13.9. The molecule has 1 amide bonds. The van der Waals surface area contributed by atoms with Gasteiger partial charge in [-0.1, -0.05) is 35.5 Å². The van der Waals surface area contributed by atoms with Gasteiger partial charge in [-0.25, -0.2) is 4.79 Å². The van der Waals surface area contributed by atoms with E-state index in [0.29, 0.717) is 0 Å². The number of nitrogens with one attached hydrogen (secondary N) is 1. The van der Waals surface area contributed by atoms with Gasteiger partial charge < -0.3 is 10.1 Å². The Morgan fingerprint density at radius 2 is 1.87 bits per heavy atom. The molecule has 0 spiro atoms. The molecule has 1 heterocycles. The highest BCUT2D eigenvalue weighted by Gasteiger charge is 2.22. The lowest BCUT2D eigenvalue weighted by Gasteiger charge is -2.23. The van der Waals surface area contributed by atoms with E-state index in [-0.39, 0.29) is 5.37 Å². The van der Waals surface area contributed by atoms with Crippen LogP contribution in [0.25, 0.3) is 0 Å². The first-order valence-corrected chi connectivity index (χ1v) is 8.35. The molecule has 4 nitrogen and oxygen atoms in total. The van der Waals surface area contributed by atoms with Crippen LogP contribution in [0.15, 0.2) is 53.6 Å². The van der Waals surface area contributed by atoms with Gasteiger partial charge in [0, 0.05) is 11.1 Å². The number of amides is 1. The number of thioether (sulfide) groups is 1. The van der Waals surface area contributed by atoms with Crippen LogP contribution in [0.2, 0.25) is 0 Å². The van der Waals surface area contributed by atoms with Crippen LogP contribution in [0.3, 0.4) is 0 Å². The van der Waals surface area contributed by atoms with E-state index in [1.165, 1.54) is 17.3 Å². The van der Waals surface area contributed by atoms with Crippen molar-refractivity contribution in [2.45, 2.75) is 43.6 Å². The summed E-state index contributed by atoms with van der Waals surface area (Å²) >= 11 is 1.53. The molecule has 2 rings (SSSR count). The molecular weight excluding hydrogens is 308 g/mol. The number of aromatic nitrogens is 1. The van der Waals surface area contributed by atoms with E-state index in [1.54, 1.807) is 6.20 Å². The molecule has 1 aromatic carbocycles. The van der Waals surface area contributed by atoms with E-state index in [0.717, 1.165) is 10.6 Å². The quantitative estimate of drug-likeness (QED) is 0.652. The summed E-state index contributed by atoms with van der Waals surface area (Å²) in [6.07, 6.45) is 1.27. The average molecular weight is 330 g/mol. The molecule has 0 bridgehead atoms. The van der Waals surface area contributed by atoms with Gasteiger partial charge in [-0.3, -0.25) is 4.98 Å². The zero-order chi connectivity index (χ0) is 16.9. The number of carbonyl (C=O) groups is 1. The number of hydrogen-bond acceptors (Lipinski definition) is 4. The smallest absolute Gasteiger partial charge is 0.408 e. The van der Waals surface area contributed by atoms with Crippen molar-refractivity contribution in [3.8, 4) is 0 Å². The van der Waals surface area contributed by atoms with Crippen molar-refractivity contribution < 1.29 is 9.53 Å². The molecule has 0 radical (unpaired) electrons. The number of rotatable bonds is 4. The summed E-state index contributed by atoms with van der Waals surface area (Å²) in [5, 5.41) is 2.58. The highest BCUT2D eigenvalue weighted by molar-refractivity contribution is 7.99. The van der Waals surface area contributed by atoms with Crippen molar-refractivity contribution in [3.63, 3.8) is 0 Å². The van der Waals surface area contributed by atoms with Crippen LogP contribution in [0, 0.1) is 6.92 Å². The molecule has 0 aliphatic rings. The van der Waals surface area contributed by atoms with E-state index in [9.17, 15) is 4.79 Å². The molecule has 0 aliphatic heterocycles. The molecule has 1 aromatic heterocycles. The van der Waals surface area contributed by atoms with Crippen LogP contribution >= 0.6 is 11.8 Å². The number of pyridine rings is 1. The van der Waals surface area contributed by atoms with Crippen LogP contribution < -0.4 is 5.32 Å². The second-order valence-electron chi connectivity index (χ2n) is 6.21. The van der Waals surface area contributed by atoms with E-state index in [4.69, 9.17) is 4.74 Å². The molecule has 1 N–H and O–H groups in total. The second kappa shape index (κ2) is 7.51. The summed E-state index contributed by atoms with van der Waals surface area (Å²) in [6.45, 7) is 7.57. The number of nitrogens with zero attached hydrogens (tertiary/aromatic N) is 1. The van der Waals surface area contributed by atoms with E-state index < -0.39 is 11.7 Å². The normalized spacial score (nSPS) is 12.5. The Hall–Kier alpha value is -2.01. The van der Waals surface area contributed by atoms with Crippen LogP contribution in [0.1, 0.15) is 37.4 Å². The maximum Gasteiger partial charge on any atom is 0.408 e. The molecule has 0 fully saturated rings. The zero-order valence-corrected chi connectivity index (χ0v) is 14.7. The predicted octanol–water partition coefficient (Wildman–Crippen LogP) is 4.71. The minimum atomic E-state index is -0.534. The third kappa shape index (κ3) is 5.94. The first kappa shape index (κ1) is 17.3. The largest absolute Gasteiger partial charge is 0.444 e. The van der Waals surface area contributed by atoms with Gasteiger partial charge in [-0.05, 0) is 52.0 Å². The molecular formula is C18H22N2O2S. The molecule has 0 aliphatic carbocycles. The minimum Gasteiger partial charge on any atom is -0.444 e. The van der Waals surface area contributed by atoms with E-state index >= 15 is 0 Å². The van der Waals surface area contributed by atoms with Gasteiger partial charge in [0.25, 0.3) is 0 Å². The Kier molecular flexibility index (Phi) is 5.66. The predicted molar refractivity (Wildman–Crippen MR) is 93.4 cm³/mol.